The van der Waals surface area contributed by atoms with Crippen LogP contribution in [0.25, 0.3) is 0 Å². The number of hydrogen-bond acceptors (Lipinski definition) is 1. The van der Waals surface area contributed by atoms with E-state index < -0.39 is 0 Å². The van der Waals surface area contributed by atoms with E-state index in [9.17, 15) is 9.50 Å². The van der Waals surface area contributed by atoms with Gasteiger partial charge in [-0.2, -0.15) is 0 Å². The van der Waals surface area contributed by atoms with E-state index in [1.807, 2.05) is 6.07 Å². The Bertz CT molecular complexity index is 581. The highest BCUT2D eigenvalue weighted by atomic mass is 19.1. The second kappa shape index (κ2) is 6.19. The molecule has 0 spiro atoms. The summed E-state index contributed by atoms with van der Waals surface area (Å²) in [5.41, 5.74) is 5.82. The van der Waals surface area contributed by atoms with E-state index in [1.54, 1.807) is 6.07 Å². The van der Waals surface area contributed by atoms with Crippen LogP contribution in [0.4, 0.5) is 4.39 Å². The average Bonchev–Trinajstić information content (AvgIpc) is 2.38. The lowest BCUT2D eigenvalue weighted by Crippen LogP contribution is -2.10. The van der Waals surface area contributed by atoms with Crippen molar-refractivity contribution in [2.45, 2.75) is 33.1 Å². The highest BCUT2D eigenvalue weighted by molar-refractivity contribution is 5.39. The fraction of sp³-hybridized carbons (Fsp3) is 0.333. The molecular formula is C18H21FO. The summed E-state index contributed by atoms with van der Waals surface area (Å²) in [5, 5.41) is 9.65. The van der Waals surface area contributed by atoms with Crippen molar-refractivity contribution in [2.75, 3.05) is 6.61 Å². The molecule has 0 aliphatic heterocycles. The van der Waals surface area contributed by atoms with Gasteiger partial charge in [-0.15, -0.1) is 0 Å². The van der Waals surface area contributed by atoms with Crippen molar-refractivity contribution in [1.29, 1.82) is 0 Å². The van der Waals surface area contributed by atoms with Gasteiger partial charge in [-0.1, -0.05) is 29.8 Å². The first-order valence-corrected chi connectivity index (χ1v) is 6.94. The van der Waals surface area contributed by atoms with E-state index in [0.29, 0.717) is 0 Å². The molecule has 1 unspecified atom stereocenters. The predicted octanol–water partition coefficient (Wildman–Crippen LogP) is 4.07. The lowest BCUT2D eigenvalue weighted by molar-refractivity contribution is 0.264. The molecule has 0 aromatic heterocycles. The molecule has 0 saturated carbocycles. The minimum Gasteiger partial charge on any atom is -0.396 e. The van der Waals surface area contributed by atoms with Gasteiger partial charge in [0.15, 0.2) is 0 Å². The number of aliphatic hydroxyl groups excluding tert-OH is 1. The van der Waals surface area contributed by atoms with E-state index in [-0.39, 0.29) is 18.3 Å². The standard InChI is InChI=1S/C18H21FO/c1-12-7-13(2)18(14(3)8-12)10-16(11-20)15-5-4-6-17(19)9-15/h4-9,16,20H,10-11H2,1-3H3. The molecule has 0 aliphatic rings. The van der Waals surface area contributed by atoms with E-state index in [4.69, 9.17) is 0 Å². The number of aliphatic hydroxyl groups is 1. The molecule has 0 radical (unpaired) electrons. The summed E-state index contributed by atoms with van der Waals surface area (Å²) < 4.78 is 13.3. The maximum Gasteiger partial charge on any atom is 0.123 e. The Morgan fingerprint density at radius 3 is 2.25 bits per heavy atom. The van der Waals surface area contributed by atoms with Crippen molar-refractivity contribution in [2.24, 2.45) is 0 Å². The molecule has 1 atom stereocenters. The quantitative estimate of drug-likeness (QED) is 0.889. The Morgan fingerprint density at radius 1 is 1.05 bits per heavy atom. The number of hydrogen-bond donors (Lipinski definition) is 1. The minimum absolute atomic E-state index is 0.0240. The van der Waals surface area contributed by atoms with Crippen molar-refractivity contribution in [1.82, 2.24) is 0 Å². The number of aryl methyl sites for hydroxylation is 3. The van der Waals surface area contributed by atoms with Crippen molar-refractivity contribution in [3.8, 4) is 0 Å². The third-order valence-electron chi connectivity index (χ3n) is 3.83. The Labute approximate surface area is 120 Å². The van der Waals surface area contributed by atoms with Gasteiger partial charge in [-0.05, 0) is 61.6 Å². The zero-order valence-electron chi connectivity index (χ0n) is 12.3. The van der Waals surface area contributed by atoms with Crippen LogP contribution in [0.2, 0.25) is 0 Å². The molecule has 2 rings (SSSR count). The molecule has 2 aromatic rings. The molecule has 2 heteroatoms. The second-order valence-corrected chi connectivity index (χ2v) is 5.52. The lowest BCUT2D eigenvalue weighted by Gasteiger charge is -2.18. The van der Waals surface area contributed by atoms with Gasteiger partial charge >= 0.3 is 0 Å². The summed E-state index contributed by atoms with van der Waals surface area (Å²) in [4.78, 5) is 0. The summed E-state index contributed by atoms with van der Waals surface area (Å²) in [7, 11) is 0. The topological polar surface area (TPSA) is 20.2 Å². The number of rotatable bonds is 4. The molecule has 0 amide bonds. The van der Waals surface area contributed by atoms with Crippen LogP contribution in [0.5, 0.6) is 0 Å². The SMILES string of the molecule is Cc1cc(C)c(CC(CO)c2cccc(F)c2)c(C)c1. The Balaban J connectivity index is 2.32. The maximum absolute atomic E-state index is 13.3. The molecule has 0 bridgehead atoms. The fourth-order valence-corrected chi connectivity index (χ4v) is 2.83. The van der Waals surface area contributed by atoms with Gasteiger partial charge < -0.3 is 5.11 Å². The minimum atomic E-state index is -0.252. The fourth-order valence-electron chi connectivity index (χ4n) is 2.83. The second-order valence-electron chi connectivity index (χ2n) is 5.52. The van der Waals surface area contributed by atoms with Crippen LogP contribution in [0, 0.1) is 26.6 Å². The van der Waals surface area contributed by atoms with Gasteiger partial charge in [0.05, 0.1) is 6.61 Å². The van der Waals surface area contributed by atoms with Gasteiger partial charge in [0.1, 0.15) is 5.82 Å². The zero-order chi connectivity index (χ0) is 14.7. The average molecular weight is 272 g/mol. The Hall–Kier alpha value is -1.67. The van der Waals surface area contributed by atoms with Gasteiger partial charge in [0, 0.05) is 5.92 Å². The normalized spacial score (nSPS) is 12.4. The molecule has 2 aromatic carbocycles. The summed E-state index contributed by atoms with van der Waals surface area (Å²) in [6.45, 7) is 6.29. The third kappa shape index (κ3) is 3.26. The van der Waals surface area contributed by atoms with Gasteiger partial charge in [-0.3, -0.25) is 0 Å². The number of halogens is 1. The summed E-state index contributed by atoms with van der Waals surface area (Å²) in [6.07, 6.45) is 0.734. The maximum atomic E-state index is 13.3. The Kier molecular flexibility index (Phi) is 4.56. The van der Waals surface area contributed by atoms with Crippen LogP contribution in [0.1, 0.15) is 33.7 Å². The van der Waals surface area contributed by atoms with Crippen LogP contribution in [-0.4, -0.2) is 11.7 Å². The van der Waals surface area contributed by atoms with Crippen LogP contribution in [0.3, 0.4) is 0 Å². The van der Waals surface area contributed by atoms with E-state index in [0.717, 1.165) is 12.0 Å². The summed E-state index contributed by atoms with van der Waals surface area (Å²) in [6, 6.07) is 10.8. The lowest BCUT2D eigenvalue weighted by atomic mass is 9.88. The van der Waals surface area contributed by atoms with Gasteiger partial charge in [0.25, 0.3) is 0 Å². The van der Waals surface area contributed by atoms with E-state index >= 15 is 0 Å². The largest absolute Gasteiger partial charge is 0.396 e. The first-order chi connectivity index (χ1) is 9.51. The molecule has 0 fully saturated rings. The first kappa shape index (κ1) is 14.7. The molecule has 106 valence electrons. The van der Waals surface area contributed by atoms with Gasteiger partial charge in [0.2, 0.25) is 0 Å². The highest BCUT2D eigenvalue weighted by Gasteiger charge is 2.15. The van der Waals surface area contributed by atoms with Crippen LogP contribution in [0.15, 0.2) is 36.4 Å². The molecule has 0 saturated heterocycles. The predicted molar refractivity (Wildman–Crippen MR) is 80.6 cm³/mol. The van der Waals surface area contributed by atoms with Gasteiger partial charge in [-0.25, -0.2) is 4.39 Å². The monoisotopic (exact) mass is 272 g/mol. The van der Waals surface area contributed by atoms with Crippen LogP contribution >= 0.6 is 0 Å². The van der Waals surface area contributed by atoms with Crippen molar-refractivity contribution in [3.05, 3.63) is 70.0 Å². The van der Waals surface area contributed by atoms with E-state index in [2.05, 4.69) is 32.9 Å². The van der Waals surface area contributed by atoms with Crippen LogP contribution < -0.4 is 0 Å². The first-order valence-electron chi connectivity index (χ1n) is 6.94. The number of benzene rings is 2. The summed E-state index contributed by atoms with van der Waals surface area (Å²) >= 11 is 0. The molecule has 1 N–H and O–H groups in total. The summed E-state index contributed by atoms with van der Waals surface area (Å²) in [5.74, 6) is -0.316. The van der Waals surface area contributed by atoms with Crippen LogP contribution in [-0.2, 0) is 6.42 Å². The van der Waals surface area contributed by atoms with E-state index in [1.165, 1.54) is 34.4 Å². The molecule has 0 heterocycles. The molecule has 1 nitrogen and oxygen atoms in total. The van der Waals surface area contributed by atoms with Crippen molar-refractivity contribution in [3.63, 3.8) is 0 Å². The zero-order valence-corrected chi connectivity index (χ0v) is 12.3. The van der Waals surface area contributed by atoms with Crippen molar-refractivity contribution < 1.29 is 9.50 Å². The highest BCUT2D eigenvalue weighted by Crippen LogP contribution is 2.26. The smallest absolute Gasteiger partial charge is 0.123 e. The Morgan fingerprint density at radius 2 is 1.70 bits per heavy atom. The molecule has 0 aliphatic carbocycles. The van der Waals surface area contributed by atoms with Crippen molar-refractivity contribution >= 4 is 0 Å². The third-order valence-corrected chi connectivity index (χ3v) is 3.83. The molecular weight excluding hydrogens is 251 g/mol. The molecule has 20 heavy (non-hydrogen) atoms.